The minimum Gasteiger partial charge on any atom is -0.396 e. The zero-order chi connectivity index (χ0) is 22.2. The van der Waals surface area contributed by atoms with Gasteiger partial charge in [0.25, 0.3) is 0 Å². The van der Waals surface area contributed by atoms with Gasteiger partial charge >= 0.3 is 6.03 Å². The Balaban J connectivity index is 1.26. The van der Waals surface area contributed by atoms with E-state index in [4.69, 9.17) is 5.73 Å². The third-order valence-corrected chi connectivity index (χ3v) is 5.72. The van der Waals surface area contributed by atoms with Crippen molar-refractivity contribution in [2.24, 2.45) is 0 Å². The zero-order valence-electron chi connectivity index (χ0n) is 17.3. The fraction of sp³-hybridized carbons (Fsp3) is 0.261. The number of carbonyl (C=O) groups excluding carboxylic acids is 1. The monoisotopic (exact) mass is 436 g/mol. The molecule has 7 nitrogen and oxygen atoms in total. The number of alkyl halides is 1. The van der Waals surface area contributed by atoms with Gasteiger partial charge in [0.2, 0.25) is 0 Å². The van der Waals surface area contributed by atoms with E-state index in [1.807, 2.05) is 11.0 Å². The maximum atomic E-state index is 13.2. The van der Waals surface area contributed by atoms with Crippen molar-refractivity contribution in [1.29, 1.82) is 0 Å². The number of nitrogen functional groups attached to an aromatic ring is 1. The molecule has 4 heterocycles. The molecule has 0 atom stereocenters. The van der Waals surface area contributed by atoms with Gasteiger partial charge in [0.15, 0.2) is 5.82 Å². The number of carbonyl (C=O) groups is 1. The van der Waals surface area contributed by atoms with Gasteiger partial charge in [-0.1, -0.05) is 0 Å². The van der Waals surface area contributed by atoms with Crippen molar-refractivity contribution >= 4 is 17.5 Å². The van der Waals surface area contributed by atoms with Crippen LogP contribution < -0.4 is 11.1 Å². The van der Waals surface area contributed by atoms with Gasteiger partial charge in [-0.15, -0.1) is 0 Å². The molecule has 164 valence electrons. The van der Waals surface area contributed by atoms with E-state index in [1.54, 1.807) is 35.4 Å². The molecule has 2 amide bonds. The van der Waals surface area contributed by atoms with Gasteiger partial charge in [-0.2, -0.15) is 0 Å². The van der Waals surface area contributed by atoms with Crippen LogP contribution in [0.1, 0.15) is 16.8 Å². The highest BCUT2D eigenvalue weighted by molar-refractivity contribution is 5.92. The maximum absolute atomic E-state index is 13.2. The molecule has 1 fully saturated rings. The zero-order valence-corrected chi connectivity index (χ0v) is 17.3. The van der Waals surface area contributed by atoms with Gasteiger partial charge in [-0.3, -0.25) is 15.2 Å². The first-order chi connectivity index (χ1) is 15.4. The Morgan fingerprint density at radius 1 is 1.16 bits per heavy atom. The van der Waals surface area contributed by atoms with E-state index in [0.29, 0.717) is 49.7 Å². The second-order valence-corrected chi connectivity index (χ2v) is 8.17. The third kappa shape index (κ3) is 4.11. The first-order valence-electron chi connectivity index (χ1n) is 10.4. The molecular weight excluding hydrogens is 414 g/mol. The predicted molar refractivity (Wildman–Crippen MR) is 117 cm³/mol. The van der Waals surface area contributed by atoms with Crippen LogP contribution in [0.2, 0.25) is 0 Å². The van der Waals surface area contributed by atoms with E-state index in [9.17, 15) is 13.6 Å². The number of rotatable bonds is 4. The SMILES string of the molecule is Nc1ccc(-c2ccc(F)cc2)nc1NC(=O)N1Cc2cc(CN3CC(F)C3)cnc2C1. The van der Waals surface area contributed by atoms with Gasteiger partial charge < -0.3 is 10.6 Å². The fourth-order valence-electron chi connectivity index (χ4n) is 3.97. The molecule has 2 aliphatic heterocycles. The van der Waals surface area contributed by atoms with Crippen LogP contribution in [-0.2, 0) is 19.6 Å². The minimum atomic E-state index is -0.737. The molecule has 1 saturated heterocycles. The van der Waals surface area contributed by atoms with Crippen LogP contribution in [-0.4, -0.2) is 45.1 Å². The van der Waals surface area contributed by atoms with E-state index in [1.165, 1.54) is 12.1 Å². The highest BCUT2D eigenvalue weighted by Gasteiger charge is 2.28. The molecule has 0 spiro atoms. The maximum Gasteiger partial charge on any atom is 0.323 e. The van der Waals surface area contributed by atoms with Crippen LogP contribution in [0.25, 0.3) is 11.3 Å². The van der Waals surface area contributed by atoms with Gasteiger partial charge in [-0.05, 0) is 53.6 Å². The number of nitrogens with two attached hydrogens (primary N) is 1. The number of pyridine rings is 2. The molecule has 0 saturated carbocycles. The van der Waals surface area contributed by atoms with Crippen LogP contribution in [0.5, 0.6) is 0 Å². The Hall–Kier alpha value is -3.59. The van der Waals surface area contributed by atoms with Crippen LogP contribution in [0.15, 0.2) is 48.7 Å². The molecular formula is C23H22F2N6O. The number of fused-ring (bicyclic) bond motifs is 1. The molecule has 9 heteroatoms. The summed E-state index contributed by atoms with van der Waals surface area (Å²) in [4.78, 5) is 25.5. The summed E-state index contributed by atoms with van der Waals surface area (Å²) in [5.41, 5.74) is 10.5. The Bertz CT molecular complexity index is 1160. The van der Waals surface area contributed by atoms with E-state index in [0.717, 1.165) is 16.8 Å². The molecule has 3 aromatic rings. The summed E-state index contributed by atoms with van der Waals surface area (Å²) >= 11 is 0. The van der Waals surface area contributed by atoms with Crippen LogP contribution in [0.3, 0.4) is 0 Å². The Labute approximate surface area is 183 Å². The van der Waals surface area contributed by atoms with E-state index < -0.39 is 6.17 Å². The van der Waals surface area contributed by atoms with Crippen molar-refractivity contribution < 1.29 is 13.6 Å². The fourth-order valence-corrected chi connectivity index (χ4v) is 3.97. The first-order valence-corrected chi connectivity index (χ1v) is 10.4. The molecule has 32 heavy (non-hydrogen) atoms. The number of amides is 2. The number of urea groups is 1. The normalized spacial score (nSPS) is 16.0. The summed E-state index contributed by atoms with van der Waals surface area (Å²) in [6.07, 6.45) is 1.05. The summed E-state index contributed by atoms with van der Waals surface area (Å²) < 4.78 is 26.2. The molecule has 2 aromatic heterocycles. The highest BCUT2D eigenvalue weighted by Crippen LogP contribution is 2.27. The summed E-state index contributed by atoms with van der Waals surface area (Å²) in [5, 5.41) is 2.78. The van der Waals surface area contributed by atoms with Crippen LogP contribution >= 0.6 is 0 Å². The van der Waals surface area contributed by atoms with Crippen molar-refractivity contribution in [3.05, 3.63) is 71.3 Å². The van der Waals surface area contributed by atoms with Gasteiger partial charge in [0.1, 0.15) is 12.0 Å². The van der Waals surface area contributed by atoms with Crippen molar-refractivity contribution in [2.45, 2.75) is 25.8 Å². The Kier molecular flexibility index (Phi) is 5.18. The van der Waals surface area contributed by atoms with Crippen molar-refractivity contribution in [1.82, 2.24) is 19.8 Å². The highest BCUT2D eigenvalue weighted by atomic mass is 19.1. The molecule has 0 radical (unpaired) electrons. The lowest BCUT2D eigenvalue weighted by Crippen LogP contribution is -2.47. The Morgan fingerprint density at radius 2 is 1.94 bits per heavy atom. The second kappa shape index (κ2) is 8.16. The van der Waals surface area contributed by atoms with Gasteiger partial charge in [-0.25, -0.2) is 18.6 Å². The average Bonchev–Trinajstić information content (AvgIpc) is 3.18. The number of halogens is 2. The van der Waals surface area contributed by atoms with E-state index in [-0.39, 0.29) is 17.7 Å². The summed E-state index contributed by atoms with van der Waals surface area (Å²) in [6, 6.07) is 11.0. The molecule has 0 bridgehead atoms. The molecule has 3 N–H and O–H groups in total. The second-order valence-electron chi connectivity index (χ2n) is 8.17. The van der Waals surface area contributed by atoms with Gasteiger partial charge in [0, 0.05) is 37.9 Å². The number of anilines is 2. The van der Waals surface area contributed by atoms with E-state index in [2.05, 4.69) is 15.3 Å². The number of nitrogens with zero attached hydrogens (tertiary/aromatic N) is 4. The first kappa shape index (κ1) is 20.3. The van der Waals surface area contributed by atoms with Crippen molar-refractivity contribution in [3.63, 3.8) is 0 Å². The number of hydrogen-bond acceptors (Lipinski definition) is 5. The van der Waals surface area contributed by atoms with Gasteiger partial charge in [0.05, 0.1) is 23.6 Å². The number of benzene rings is 1. The molecule has 1 aromatic carbocycles. The smallest absolute Gasteiger partial charge is 0.323 e. The third-order valence-electron chi connectivity index (χ3n) is 5.72. The lowest BCUT2D eigenvalue weighted by molar-refractivity contribution is 0.0590. The Morgan fingerprint density at radius 3 is 2.69 bits per heavy atom. The number of aromatic nitrogens is 2. The molecule has 2 aliphatic rings. The largest absolute Gasteiger partial charge is 0.396 e. The molecule has 0 aliphatic carbocycles. The minimum absolute atomic E-state index is 0.250. The molecule has 0 unspecified atom stereocenters. The summed E-state index contributed by atoms with van der Waals surface area (Å²) in [5.74, 6) is -0.0837. The van der Waals surface area contributed by atoms with Crippen LogP contribution in [0, 0.1) is 5.82 Å². The van der Waals surface area contributed by atoms with Crippen molar-refractivity contribution in [2.75, 3.05) is 24.1 Å². The lowest BCUT2D eigenvalue weighted by atomic mass is 10.1. The predicted octanol–water partition coefficient (Wildman–Crippen LogP) is 3.57. The van der Waals surface area contributed by atoms with E-state index >= 15 is 0 Å². The average molecular weight is 436 g/mol. The number of nitrogens with one attached hydrogen (secondary N) is 1. The van der Waals surface area contributed by atoms with Crippen LogP contribution in [0.4, 0.5) is 25.1 Å². The summed E-state index contributed by atoms with van der Waals surface area (Å²) in [7, 11) is 0. The number of likely N-dealkylation sites (tertiary alicyclic amines) is 1. The standard InChI is InChI=1S/C23H22F2N6O/c24-17-3-1-15(2-4-17)20-6-5-19(26)22(28-20)29-23(32)31-10-16-7-14(8-27-21(16)13-31)9-30-11-18(25)12-30/h1-8,18H,9-13,26H2,(H,28,29,32). The topological polar surface area (TPSA) is 87.4 Å². The quantitative estimate of drug-likeness (QED) is 0.653. The number of hydrogen-bond donors (Lipinski definition) is 2. The lowest BCUT2D eigenvalue weighted by Gasteiger charge is -2.34. The molecule has 5 rings (SSSR count). The summed E-state index contributed by atoms with van der Waals surface area (Å²) in [6.45, 7) is 2.37. The van der Waals surface area contributed by atoms with Crippen molar-refractivity contribution in [3.8, 4) is 11.3 Å².